The van der Waals surface area contributed by atoms with Gasteiger partial charge in [-0.1, -0.05) is 0 Å². The second kappa shape index (κ2) is 4.43. The third-order valence-electron chi connectivity index (χ3n) is 1.75. The Morgan fingerprint density at radius 3 is 2.53 bits per heavy atom. The SMILES string of the molecule is Nc1nc(CCC(F)(F)F)ncc1CO. The summed E-state index contributed by atoms with van der Waals surface area (Å²) in [5, 5.41) is 8.73. The molecule has 0 saturated carbocycles. The smallest absolute Gasteiger partial charge is 0.389 e. The van der Waals surface area contributed by atoms with Gasteiger partial charge in [0.2, 0.25) is 0 Å². The molecule has 0 spiro atoms. The highest BCUT2D eigenvalue weighted by atomic mass is 19.4. The van der Waals surface area contributed by atoms with Crippen LogP contribution in [0.5, 0.6) is 0 Å². The summed E-state index contributed by atoms with van der Waals surface area (Å²) < 4.78 is 35.6. The molecule has 4 nitrogen and oxygen atoms in total. The van der Waals surface area contributed by atoms with Crippen LogP contribution >= 0.6 is 0 Å². The number of aliphatic hydroxyl groups excluding tert-OH is 1. The molecule has 0 fully saturated rings. The molecule has 84 valence electrons. The van der Waals surface area contributed by atoms with E-state index >= 15 is 0 Å². The van der Waals surface area contributed by atoms with Crippen LogP contribution in [0.2, 0.25) is 0 Å². The fourth-order valence-electron chi connectivity index (χ4n) is 0.954. The van der Waals surface area contributed by atoms with Crippen molar-refractivity contribution in [1.29, 1.82) is 0 Å². The molecule has 15 heavy (non-hydrogen) atoms. The average Bonchev–Trinajstić information content (AvgIpc) is 2.14. The zero-order valence-corrected chi connectivity index (χ0v) is 7.75. The van der Waals surface area contributed by atoms with Gasteiger partial charge in [0, 0.05) is 18.2 Å². The Balaban J connectivity index is 2.68. The molecule has 3 N–H and O–H groups in total. The van der Waals surface area contributed by atoms with Crippen LogP contribution in [0, 0.1) is 0 Å². The number of nitrogens with two attached hydrogens (primary N) is 1. The molecule has 0 aliphatic carbocycles. The Bertz CT molecular complexity index is 340. The molecule has 0 aromatic carbocycles. The van der Waals surface area contributed by atoms with E-state index in [1.54, 1.807) is 0 Å². The van der Waals surface area contributed by atoms with E-state index in [0.717, 1.165) is 0 Å². The van der Waals surface area contributed by atoms with E-state index in [0.29, 0.717) is 5.56 Å². The molecular weight excluding hydrogens is 211 g/mol. The molecule has 1 aromatic heterocycles. The number of aryl methyl sites for hydroxylation is 1. The molecule has 0 radical (unpaired) electrons. The van der Waals surface area contributed by atoms with Crippen molar-refractivity contribution in [2.45, 2.75) is 25.6 Å². The monoisotopic (exact) mass is 221 g/mol. The van der Waals surface area contributed by atoms with E-state index in [-0.39, 0.29) is 24.7 Å². The van der Waals surface area contributed by atoms with Crippen LogP contribution in [0.25, 0.3) is 0 Å². The van der Waals surface area contributed by atoms with Gasteiger partial charge in [-0.25, -0.2) is 9.97 Å². The molecule has 0 aliphatic rings. The third kappa shape index (κ3) is 3.70. The number of alkyl halides is 3. The van der Waals surface area contributed by atoms with Gasteiger partial charge in [0.25, 0.3) is 0 Å². The lowest BCUT2D eigenvalue weighted by molar-refractivity contribution is -0.134. The first-order valence-electron chi connectivity index (χ1n) is 4.20. The van der Waals surface area contributed by atoms with Crippen LogP contribution in [0.3, 0.4) is 0 Å². The van der Waals surface area contributed by atoms with Crippen molar-refractivity contribution in [3.8, 4) is 0 Å². The van der Waals surface area contributed by atoms with Gasteiger partial charge in [0.05, 0.1) is 13.0 Å². The van der Waals surface area contributed by atoms with Crippen LogP contribution in [0.1, 0.15) is 17.8 Å². The van der Waals surface area contributed by atoms with Gasteiger partial charge in [-0.15, -0.1) is 0 Å². The van der Waals surface area contributed by atoms with E-state index in [9.17, 15) is 13.2 Å². The summed E-state index contributed by atoms with van der Waals surface area (Å²) >= 11 is 0. The Morgan fingerprint density at radius 1 is 1.40 bits per heavy atom. The summed E-state index contributed by atoms with van der Waals surface area (Å²) in [5.74, 6) is 0.0479. The highest BCUT2D eigenvalue weighted by molar-refractivity contribution is 5.36. The second-order valence-electron chi connectivity index (χ2n) is 2.97. The first kappa shape index (κ1) is 11.7. The van der Waals surface area contributed by atoms with Crippen LogP contribution in [-0.2, 0) is 13.0 Å². The standard InChI is InChI=1S/C8H10F3N3O/c9-8(10,11)2-1-6-13-3-5(4-15)7(12)14-6/h3,15H,1-2,4H2,(H2,12,13,14). The van der Waals surface area contributed by atoms with Gasteiger partial charge in [0.1, 0.15) is 11.6 Å². The lowest BCUT2D eigenvalue weighted by Crippen LogP contribution is -2.11. The van der Waals surface area contributed by atoms with Crippen LogP contribution in [-0.4, -0.2) is 21.3 Å². The van der Waals surface area contributed by atoms with Crippen LogP contribution < -0.4 is 5.73 Å². The van der Waals surface area contributed by atoms with E-state index in [4.69, 9.17) is 10.8 Å². The lowest BCUT2D eigenvalue weighted by atomic mass is 10.2. The van der Waals surface area contributed by atoms with E-state index in [2.05, 4.69) is 9.97 Å². The summed E-state index contributed by atoms with van der Waals surface area (Å²) in [6, 6.07) is 0. The minimum atomic E-state index is -4.23. The third-order valence-corrected chi connectivity index (χ3v) is 1.75. The van der Waals surface area contributed by atoms with Crippen molar-refractivity contribution in [2.75, 3.05) is 5.73 Å². The predicted octanol–water partition coefficient (Wildman–Crippen LogP) is 1.05. The number of aromatic nitrogens is 2. The Morgan fingerprint density at radius 2 is 2.07 bits per heavy atom. The van der Waals surface area contributed by atoms with Gasteiger partial charge in [-0.3, -0.25) is 0 Å². The number of hydrogen-bond acceptors (Lipinski definition) is 4. The summed E-state index contributed by atoms with van der Waals surface area (Å²) in [6.07, 6.45) is -4.29. The minimum absolute atomic E-state index is 0.0182. The highest BCUT2D eigenvalue weighted by Gasteiger charge is 2.27. The van der Waals surface area contributed by atoms with Crippen molar-refractivity contribution in [3.63, 3.8) is 0 Å². The summed E-state index contributed by atoms with van der Waals surface area (Å²) in [7, 11) is 0. The maximum atomic E-state index is 11.9. The topological polar surface area (TPSA) is 72.0 Å². The molecular formula is C8H10F3N3O. The number of aliphatic hydroxyl groups is 1. The molecule has 0 bridgehead atoms. The first-order chi connectivity index (χ1) is 6.92. The number of nitrogen functional groups attached to an aromatic ring is 1. The van der Waals surface area contributed by atoms with Gasteiger partial charge in [-0.2, -0.15) is 13.2 Å². The van der Waals surface area contributed by atoms with E-state index in [1.807, 2.05) is 0 Å². The normalized spacial score (nSPS) is 11.7. The number of rotatable bonds is 3. The van der Waals surface area contributed by atoms with Crippen LogP contribution in [0.15, 0.2) is 6.20 Å². The lowest BCUT2D eigenvalue weighted by Gasteiger charge is -2.06. The van der Waals surface area contributed by atoms with Crippen molar-refractivity contribution in [1.82, 2.24) is 9.97 Å². The second-order valence-corrected chi connectivity index (χ2v) is 2.97. The van der Waals surface area contributed by atoms with Crippen molar-refractivity contribution in [3.05, 3.63) is 17.6 Å². The molecule has 0 unspecified atom stereocenters. The summed E-state index contributed by atoms with van der Waals surface area (Å²) in [4.78, 5) is 7.32. The van der Waals surface area contributed by atoms with Crippen molar-refractivity contribution >= 4 is 5.82 Å². The van der Waals surface area contributed by atoms with Crippen molar-refractivity contribution in [2.24, 2.45) is 0 Å². The molecule has 1 rings (SSSR count). The molecule has 0 aliphatic heterocycles. The van der Waals surface area contributed by atoms with Gasteiger partial charge < -0.3 is 10.8 Å². The van der Waals surface area contributed by atoms with Gasteiger partial charge in [-0.05, 0) is 0 Å². The summed E-state index contributed by atoms with van der Waals surface area (Å²) in [6.45, 7) is -0.328. The molecule has 0 atom stereocenters. The Labute approximate surface area is 84.0 Å². The maximum absolute atomic E-state index is 11.9. The fraction of sp³-hybridized carbons (Fsp3) is 0.500. The molecule has 1 heterocycles. The minimum Gasteiger partial charge on any atom is -0.391 e. The maximum Gasteiger partial charge on any atom is 0.389 e. The Hall–Kier alpha value is -1.37. The molecule has 7 heteroatoms. The first-order valence-corrected chi connectivity index (χ1v) is 4.20. The largest absolute Gasteiger partial charge is 0.391 e. The van der Waals surface area contributed by atoms with E-state index < -0.39 is 12.6 Å². The Kier molecular flexibility index (Phi) is 3.46. The number of anilines is 1. The van der Waals surface area contributed by atoms with Crippen molar-refractivity contribution < 1.29 is 18.3 Å². The summed E-state index contributed by atoms with van der Waals surface area (Å²) in [5.41, 5.74) is 5.69. The van der Waals surface area contributed by atoms with E-state index in [1.165, 1.54) is 6.20 Å². The fourth-order valence-corrected chi connectivity index (χ4v) is 0.954. The van der Waals surface area contributed by atoms with Gasteiger partial charge >= 0.3 is 6.18 Å². The number of halogens is 3. The molecule has 0 saturated heterocycles. The zero-order valence-electron chi connectivity index (χ0n) is 7.75. The molecule has 0 amide bonds. The van der Waals surface area contributed by atoms with Gasteiger partial charge in [0.15, 0.2) is 0 Å². The quantitative estimate of drug-likeness (QED) is 0.800. The highest BCUT2D eigenvalue weighted by Crippen LogP contribution is 2.21. The zero-order chi connectivity index (χ0) is 11.5. The average molecular weight is 221 g/mol. The number of nitrogens with zero attached hydrogens (tertiary/aromatic N) is 2. The predicted molar refractivity (Wildman–Crippen MR) is 46.7 cm³/mol. The van der Waals surface area contributed by atoms with Crippen LogP contribution in [0.4, 0.5) is 19.0 Å². The number of hydrogen-bond donors (Lipinski definition) is 2. The molecule has 1 aromatic rings.